The summed E-state index contributed by atoms with van der Waals surface area (Å²) >= 11 is 0. The summed E-state index contributed by atoms with van der Waals surface area (Å²) in [6.45, 7) is 0.339. The van der Waals surface area contributed by atoms with E-state index in [-0.39, 0.29) is 5.88 Å². The van der Waals surface area contributed by atoms with Gasteiger partial charge in [-0.3, -0.25) is 0 Å². The zero-order valence-electron chi connectivity index (χ0n) is 19.6. The van der Waals surface area contributed by atoms with E-state index in [1.807, 2.05) is 97.1 Å². The zero-order chi connectivity index (χ0) is 24.4. The molecule has 0 saturated carbocycles. The second kappa shape index (κ2) is 9.36. The van der Waals surface area contributed by atoms with Gasteiger partial charge in [0.05, 0.1) is 26.2 Å². The molecular weight excluding hydrogens is 457 g/mol. The average molecular weight is 484 g/mol. The summed E-state index contributed by atoms with van der Waals surface area (Å²) in [6, 6.07) is 32.1. The molecule has 5 nitrogen and oxygen atoms in total. The fraction of sp³-hybridized carbons (Fsp3) is 0.103. The van der Waals surface area contributed by atoms with Gasteiger partial charge in [0.25, 0.3) is 0 Å². The van der Waals surface area contributed by atoms with Gasteiger partial charge in [0, 0.05) is 21.4 Å². The first-order valence-corrected chi connectivity index (χ1v) is 13.0. The maximum atomic E-state index is 15.3. The van der Waals surface area contributed by atoms with Crippen LogP contribution in [0.15, 0.2) is 103 Å². The van der Waals surface area contributed by atoms with Crippen molar-refractivity contribution in [2.24, 2.45) is 0 Å². The monoisotopic (exact) mass is 483 g/mol. The highest BCUT2D eigenvalue weighted by Crippen LogP contribution is 2.47. The molecule has 0 saturated heterocycles. The van der Waals surface area contributed by atoms with Crippen molar-refractivity contribution in [1.82, 2.24) is 4.57 Å². The van der Waals surface area contributed by atoms with Gasteiger partial charge in [0.2, 0.25) is 0 Å². The molecule has 0 aliphatic heterocycles. The molecule has 0 aliphatic carbocycles. The van der Waals surface area contributed by atoms with E-state index in [9.17, 15) is 5.11 Å². The van der Waals surface area contributed by atoms with Crippen LogP contribution in [0.4, 0.5) is 0 Å². The Morgan fingerprint density at radius 2 is 1.26 bits per heavy atom. The predicted molar refractivity (Wildman–Crippen MR) is 142 cm³/mol. The molecule has 4 aromatic carbocycles. The highest BCUT2D eigenvalue weighted by atomic mass is 31.2. The van der Waals surface area contributed by atoms with E-state index in [2.05, 4.69) is 0 Å². The van der Waals surface area contributed by atoms with Crippen LogP contribution in [0.1, 0.15) is 5.56 Å². The van der Waals surface area contributed by atoms with Gasteiger partial charge in [-0.05, 0) is 35.9 Å². The van der Waals surface area contributed by atoms with E-state index in [0.717, 1.165) is 16.7 Å². The molecule has 0 aliphatic rings. The maximum Gasteiger partial charge on any atom is 0.200 e. The first-order chi connectivity index (χ1) is 17.1. The predicted octanol–water partition coefficient (Wildman–Crippen LogP) is 5.05. The van der Waals surface area contributed by atoms with E-state index in [1.54, 1.807) is 24.9 Å². The lowest BCUT2D eigenvalue weighted by Gasteiger charge is -2.22. The van der Waals surface area contributed by atoms with Gasteiger partial charge < -0.3 is 23.7 Å². The number of fused-ring (bicyclic) bond motifs is 1. The number of aromatic nitrogens is 1. The van der Waals surface area contributed by atoms with Crippen LogP contribution < -0.4 is 25.5 Å². The third kappa shape index (κ3) is 3.98. The molecule has 176 valence electrons. The van der Waals surface area contributed by atoms with E-state index in [0.29, 0.717) is 33.7 Å². The number of benzene rings is 4. The minimum atomic E-state index is -3.38. The van der Waals surface area contributed by atoms with Crippen molar-refractivity contribution in [3.8, 4) is 17.4 Å². The zero-order valence-corrected chi connectivity index (χ0v) is 20.5. The standard InChI is InChI=1S/C29H26NO4P/c1-33-22-15-13-21(14-16-22)20-30-28(31)27-19-23(34-2)17-18-26(27)29(30)35(32,24-9-5-3-6-10-24)25-11-7-4-8-12-25/h3-19,31H,20H2,1-2H3. The van der Waals surface area contributed by atoms with Crippen molar-refractivity contribution >= 4 is 34.0 Å². The fourth-order valence-corrected chi connectivity index (χ4v) is 7.50. The smallest absolute Gasteiger partial charge is 0.200 e. The molecule has 0 atom stereocenters. The highest BCUT2D eigenvalue weighted by Gasteiger charge is 2.36. The van der Waals surface area contributed by atoms with Gasteiger partial charge in [-0.2, -0.15) is 0 Å². The van der Waals surface area contributed by atoms with Crippen LogP contribution in [0, 0.1) is 0 Å². The molecule has 6 heteroatoms. The topological polar surface area (TPSA) is 60.7 Å². The quantitative estimate of drug-likeness (QED) is 0.329. The SMILES string of the molecule is COc1ccc(Cn2c(O)c3cc(OC)ccc3c2P(=O)(c2ccccc2)c2ccccc2)cc1. The van der Waals surface area contributed by atoms with Gasteiger partial charge >= 0.3 is 0 Å². The first kappa shape index (κ1) is 22.8. The summed E-state index contributed by atoms with van der Waals surface area (Å²) < 4.78 is 27.8. The van der Waals surface area contributed by atoms with Crippen molar-refractivity contribution in [3.63, 3.8) is 0 Å². The Kier molecular flexibility index (Phi) is 6.10. The van der Waals surface area contributed by atoms with Crippen molar-refractivity contribution < 1.29 is 19.1 Å². The largest absolute Gasteiger partial charge is 0.497 e. The number of hydrogen-bond acceptors (Lipinski definition) is 4. The second-order valence-corrected chi connectivity index (χ2v) is 10.9. The van der Waals surface area contributed by atoms with Crippen molar-refractivity contribution in [2.45, 2.75) is 6.54 Å². The number of hydrogen-bond donors (Lipinski definition) is 1. The van der Waals surface area contributed by atoms with Crippen LogP contribution in [-0.4, -0.2) is 23.9 Å². The number of ether oxygens (including phenoxy) is 2. The van der Waals surface area contributed by atoms with Crippen LogP contribution in [0.2, 0.25) is 0 Å². The number of nitrogens with zero attached hydrogens (tertiary/aromatic N) is 1. The molecular formula is C29H26NO4P. The molecule has 0 amide bonds. The van der Waals surface area contributed by atoms with Crippen molar-refractivity contribution in [1.29, 1.82) is 0 Å². The molecule has 5 aromatic rings. The summed E-state index contributed by atoms with van der Waals surface area (Å²) in [5.74, 6) is 1.42. The minimum Gasteiger partial charge on any atom is -0.497 e. The van der Waals surface area contributed by atoms with Crippen LogP contribution in [0.3, 0.4) is 0 Å². The van der Waals surface area contributed by atoms with Gasteiger partial charge in [-0.15, -0.1) is 0 Å². The molecule has 0 spiro atoms. The van der Waals surface area contributed by atoms with E-state index in [4.69, 9.17) is 9.47 Å². The Morgan fingerprint density at radius 3 is 1.80 bits per heavy atom. The summed E-state index contributed by atoms with van der Waals surface area (Å²) in [4.78, 5) is 0. The number of aromatic hydroxyl groups is 1. The molecule has 0 unspecified atom stereocenters. The molecule has 0 fully saturated rings. The Bertz CT molecular complexity index is 1470. The summed E-state index contributed by atoms with van der Waals surface area (Å²) in [5, 5.41) is 14.2. The number of methoxy groups -OCH3 is 2. The molecule has 35 heavy (non-hydrogen) atoms. The van der Waals surface area contributed by atoms with Crippen molar-refractivity contribution in [3.05, 3.63) is 109 Å². The Labute approximate surface area is 204 Å². The summed E-state index contributed by atoms with van der Waals surface area (Å²) in [6.07, 6.45) is 0. The Balaban J connectivity index is 1.83. The second-order valence-electron chi connectivity index (χ2n) is 8.27. The minimum absolute atomic E-state index is 0.0526. The average Bonchev–Trinajstić information content (AvgIpc) is 3.20. The van der Waals surface area contributed by atoms with Gasteiger partial charge in [-0.1, -0.05) is 72.8 Å². The summed E-state index contributed by atoms with van der Waals surface area (Å²) in [7, 11) is -0.162. The molecule has 1 aromatic heterocycles. The van der Waals surface area contributed by atoms with E-state index < -0.39 is 7.14 Å². The fourth-order valence-electron chi connectivity index (χ4n) is 4.49. The molecule has 1 heterocycles. The van der Waals surface area contributed by atoms with Crippen molar-refractivity contribution in [2.75, 3.05) is 14.2 Å². The van der Waals surface area contributed by atoms with E-state index in [1.165, 1.54) is 0 Å². The van der Waals surface area contributed by atoms with Gasteiger partial charge in [0.15, 0.2) is 13.0 Å². The van der Waals surface area contributed by atoms with Crippen LogP contribution in [-0.2, 0) is 11.1 Å². The van der Waals surface area contributed by atoms with Gasteiger partial charge in [0.1, 0.15) is 11.5 Å². The third-order valence-corrected chi connectivity index (χ3v) is 9.39. The molecule has 0 bridgehead atoms. The lowest BCUT2D eigenvalue weighted by Crippen LogP contribution is -2.30. The van der Waals surface area contributed by atoms with E-state index >= 15 is 4.57 Å². The third-order valence-electron chi connectivity index (χ3n) is 6.26. The first-order valence-electron chi connectivity index (χ1n) is 11.3. The normalized spacial score (nSPS) is 11.5. The lowest BCUT2D eigenvalue weighted by atomic mass is 10.2. The molecule has 1 N–H and O–H groups in total. The Hall–Kier alpha value is -3.95. The molecule has 0 radical (unpaired) electrons. The lowest BCUT2D eigenvalue weighted by molar-refractivity contribution is 0.413. The van der Waals surface area contributed by atoms with Crippen LogP contribution in [0.5, 0.6) is 17.4 Å². The maximum absolute atomic E-state index is 15.3. The van der Waals surface area contributed by atoms with Gasteiger partial charge in [-0.25, -0.2) is 0 Å². The summed E-state index contributed by atoms with van der Waals surface area (Å²) in [5.41, 5.74) is 1.53. The van der Waals surface area contributed by atoms with Crippen LogP contribution in [0.25, 0.3) is 10.8 Å². The molecule has 5 rings (SSSR count). The number of rotatable bonds is 7. The highest BCUT2D eigenvalue weighted by molar-refractivity contribution is 7.85. The van der Waals surface area contributed by atoms with Crippen LogP contribution >= 0.6 is 7.14 Å². The Morgan fingerprint density at radius 1 is 0.714 bits per heavy atom.